The maximum absolute atomic E-state index is 13.1. The standard InChI is InChI=1S/C45H77N7O13S/c1-2-26-65-42(59)19-4-3-10-22-47-39(55)20-21-40(56)50-34(14-9-11-23-46-37(53)17-7-8-18-41(57)58)44(60)49-25-13-28-63-30-32-64-31-29-62-27-12-24-48-38(54)16-6-5-15-36-43-35(33-66-36)51-45(61)52-43/h2,34-36,43H,1,3-33H2,(H,46,53)(H,47,55)(H,48,54)(H,49,60)(H,50,56)(H,57,58)(H2,51,52,61)/t34?,35-,36-,43-/m0/s1. The van der Waals surface area contributed by atoms with Crippen LogP contribution in [0.1, 0.15) is 122 Å². The second-order valence-corrected chi connectivity index (χ2v) is 17.5. The molecule has 20 nitrogen and oxygen atoms in total. The van der Waals surface area contributed by atoms with Gasteiger partial charge in [0.05, 0.1) is 38.5 Å². The number of aliphatic carboxylic acids is 1. The Morgan fingerprint density at radius 2 is 1.18 bits per heavy atom. The quantitative estimate of drug-likeness (QED) is 0.0189. The molecular weight excluding hydrogens is 879 g/mol. The Morgan fingerprint density at radius 3 is 1.83 bits per heavy atom. The van der Waals surface area contributed by atoms with Gasteiger partial charge in [-0.25, -0.2) is 4.79 Å². The molecule has 0 bridgehead atoms. The van der Waals surface area contributed by atoms with Crippen LogP contribution >= 0.6 is 11.8 Å². The first-order valence-corrected chi connectivity index (χ1v) is 24.8. The summed E-state index contributed by atoms with van der Waals surface area (Å²) >= 11 is 1.88. The molecule has 2 fully saturated rings. The molecule has 7 amide bonds. The summed E-state index contributed by atoms with van der Waals surface area (Å²) in [6, 6.07) is -0.505. The molecule has 0 aromatic heterocycles. The van der Waals surface area contributed by atoms with Crippen molar-refractivity contribution in [2.45, 2.75) is 145 Å². The third kappa shape index (κ3) is 29.9. The van der Waals surface area contributed by atoms with Gasteiger partial charge in [-0.3, -0.25) is 33.6 Å². The van der Waals surface area contributed by atoms with Gasteiger partial charge < -0.3 is 61.3 Å². The molecule has 21 heteroatoms. The molecule has 376 valence electrons. The van der Waals surface area contributed by atoms with E-state index in [9.17, 15) is 38.4 Å². The van der Waals surface area contributed by atoms with Crippen molar-refractivity contribution in [2.75, 3.05) is 78.2 Å². The van der Waals surface area contributed by atoms with Crippen LogP contribution in [0.15, 0.2) is 12.7 Å². The Labute approximate surface area is 394 Å². The van der Waals surface area contributed by atoms with Gasteiger partial charge in [-0.05, 0) is 70.6 Å². The van der Waals surface area contributed by atoms with Crippen LogP contribution in [0.25, 0.3) is 0 Å². The molecule has 0 aliphatic carbocycles. The zero-order valence-electron chi connectivity index (χ0n) is 38.8. The minimum absolute atomic E-state index is 0.0171. The predicted octanol–water partition coefficient (Wildman–Crippen LogP) is 2.38. The fraction of sp³-hybridized carbons (Fsp3) is 0.778. The number of nitrogens with one attached hydrogen (secondary N) is 7. The van der Waals surface area contributed by atoms with Gasteiger partial charge >= 0.3 is 18.0 Å². The summed E-state index contributed by atoms with van der Waals surface area (Å²) in [5.41, 5.74) is 0. The minimum atomic E-state index is -0.897. The van der Waals surface area contributed by atoms with E-state index in [1.165, 1.54) is 6.08 Å². The van der Waals surface area contributed by atoms with Gasteiger partial charge in [-0.2, -0.15) is 11.8 Å². The largest absolute Gasteiger partial charge is 0.481 e. The highest BCUT2D eigenvalue weighted by molar-refractivity contribution is 8.00. The zero-order valence-corrected chi connectivity index (χ0v) is 39.6. The monoisotopic (exact) mass is 956 g/mol. The summed E-state index contributed by atoms with van der Waals surface area (Å²) in [6.45, 7) is 7.80. The summed E-state index contributed by atoms with van der Waals surface area (Å²) in [5.74, 6) is -1.48. The Hall–Kier alpha value is -4.47. The summed E-state index contributed by atoms with van der Waals surface area (Å²) in [7, 11) is 0. The first-order valence-electron chi connectivity index (χ1n) is 23.8. The number of rotatable bonds is 42. The smallest absolute Gasteiger partial charge is 0.315 e. The zero-order chi connectivity index (χ0) is 48.0. The molecule has 0 spiro atoms. The fourth-order valence-corrected chi connectivity index (χ4v) is 8.58. The molecule has 1 unspecified atom stereocenters. The number of carboxylic acid groups (broad SMARTS) is 1. The molecule has 66 heavy (non-hydrogen) atoms. The number of unbranched alkanes of at least 4 members (excludes halogenated alkanes) is 5. The van der Waals surface area contributed by atoms with E-state index < -0.39 is 17.9 Å². The van der Waals surface area contributed by atoms with Crippen molar-refractivity contribution in [3.63, 3.8) is 0 Å². The highest BCUT2D eigenvalue weighted by Crippen LogP contribution is 2.33. The number of hydrogen-bond acceptors (Lipinski definition) is 13. The van der Waals surface area contributed by atoms with E-state index >= 15 is 0 Å². The number of ether oxygens (including phenoxy) is 4. The number of carbonyl (C=O) groups excluding carboxylic acids is 7. The summed E-state index contributed by atoms with van der Waals surface area (Å²) in [6.07, 6.45) is 10.7. The number of carboxylic acids is 1. The lowest BCUT2D eigenvalue weighted by Gasteiger charge is -2.19. The van der Waals surface area contributed by atoms with Crippen LogP contribution in [0.4, 0.5) is 4.79 Å². The van der Waals surface area contributed by atoms with E-state index in [4.69, 9.17) is 24.1 Å². The van der Waals surface area contributed by atoms with E-state index in [1.807, 2.05) is 11.8 Å². The first-order chi connectivity index (χ1) is 32.0. The average Bonchev–Trinajstić information content (AvgIpc) is 3.85. The summed E-state index contributed by atoms with van der Waals surface area (Å²) in [5, 5.41) is 29.2. The highest BCUT2D eigenvalue weighted by atomic mass is 32.2. The van der Waals surface area contributed by atoms with Gasteiger partial charge in [-0.1, -0.05) is 25.5 Å². The van der Waals surface area contributed by atoms with Gasteiger partial charge in [-0.15, -0.1) is 0 Å². The lowest BCUT2D eigenvalue weighted by molar-refractivity contribution is -0.142. The van der Waals surface area contributed by atoms with Crippen molar-refractivity contribution >= 4 is 59.3 Å². The molecule has 0 radical (unpaired) electrons. The number of hydrogen-bond donors (Lipinski definition) is 8. The van der Waals surface area contributed by atoms with Crippen LogP contribution in [0, 0.1) is 0 Å². The van der Waals surface area contributed by atoms with E-state index in [2.05, 4.69) is 43.8 Å². The third-order valence-electron chi connectivity index (χ3n) is 10.6. The topological polar surface area (TPSA) is 278 Å². The van der Waals surface area contributed by atoms with Gasteiger partial charge in [0, 0.05) is 88.9 Å². The maximum atomic E-state index is 13.1. The Kier molecular flexibility index (Phi) is 32.8. The lowest BCUT2D eigenvalue weighted by atomic mass is 10.0. The normalized spacial score (nSPS) is 16.5. The fourth-order valence-electron chi connectivity index (χ4n) is 7.04. The number of esters is 1. The number of carbonyl (C=O) groups is 8. The van der Waals surface area contributed by atoms with Crippen molar-refractivity contribution in [2.24, 2.45) is 0 Å². The molecular formula is C45H77N7O13S. The van der Waals surface area contributed by atoms with Crippen molar-refractivity contribution in [3.05, 3.63) is 12.7 Å². The SMILES string of the molecule is C=CCOC(=O)CCCCCNC(=O)CCC(=O)NC(CCCCNC(=O)CCCCC(=O)O)C(=O)NCCCOCCOCCOCCCNC(=O)CCCC[C@@H]1SC[C@@H]2NC(=O)N[C@@H]21. The van der Waals surface area contributed by atoms with Crippen molar-refractivity contribution < 1.29 is 62.4 Å². The van der Waals surface area contributed by atoms with Crippen molar-refractivity contribution in [1.82, 2.24) is 37.2 Å². The van der Waals surface area contributed by atoms with E-state index in [-0.39, 0.29) is 80.0 Å². The number of urea groups is 1. The van der Waals surface area contributed by atoms with Crippen molar-refractivity contribution in [1.29, 1.82) is 0 Å². The number of thioether (sulfide) groups is 1. The van der Waals surface area contributed by atoms with Crippen LogP contribution in [-0.2, 0) is 52.5 Å². The summed E-state index contributed by atoms with van der Waals surface area (Å²) < 4.78 is 21.7. The number of amides is 7. The molecule has 2 saturated heterocycles. The average molecular weight is 956 g/mol. The predicted molar refractivity (Wildman–Crippen MR) is 248 cm³/mol. The van der Waals surface area contributed by atoms with Gasteiger partial charge in [0.1, 0.15) is 12.6 Å². The second-order valence-electron chi connectivity index (χ2n) is 16.3. The molecule has 2 aliphatic heterocycles. The number of fused-ring (bicyclic) bond motifs is 1. The van der Waals surface area contributed by atoms with Crippen LogP contribution in [0.5, 0.6) is 0 Å². The van der Waals surface area contributed by atoms with Crippen LogP contribution < -0.4 is 37.2 Å². The van der Waals surface area contributed by atoms with Crippen LogP contribution in [-0.4, -0.2) is 154 Å². The maximum Gasteiger partial charge on any atom is 0.315 e. The van der Waals surface area contributed by atoms with Gasteiger partial charge in [0.25, 0.3) is 0 Å². The Balaban J connectivity index is 1.52. The lowest BCUT2D eigenvalue weighted by Crippen LogP contribution is -2.47. The highest BCUT2D eigenvalue weighted by Gasteiger charge is 2.42. The first kappa shape index (κ1) is 57.7. The summed E-state index contributed by atoms with van der Waals surface area (Å²) in [4.78, 5) is 96.2. The molecule has 8 N–H and O–H groups in total. The van der Waals surface area contributed by atoms with Crippen LogP contribution in [0.3, 0.4) is 0 Å². The molecule has 2 heterocycles. The van der Waals surface area contributed by atoms with E-state index in [0.717, 1.165) is 31.4 Å². The minimum Gasteiger partial charge on any atom is -0.481 e. The van der Waals surface area contributed by atoms with E-state index in [1.54, 1.807) is 0 Å². The molecule has 2 aliphatic rings. The molecule has 0 aromatic carbocycles. The third-order valence-corrected chi connectivity index (χ3v) is 12.1. The van der Waals surface area contributed by atoms with Crippen molar-refractivity contribution in [3.8, 4) is 0 Å². The van der Waals surface area contributed by atoms with Gasteiger partial charge in [0.15, 0.2) is 0 Å². The molecule has 0 saturated carbocycles. The molecule has 4 atom stereocenters. The Bertz CT molecular complexity index is 1480. The second kappa shape index (κ2) is 37.6. The molecule has 2 rings (SSSR count). The van der Waals surface area contributed by atoms with Crippen LogP contribution in [0.2, 0.25) is 0 Å². The van der Waals surface area contributed by atoms with E-state index in [0.29, 0.717) is 142 Å². The Morgan fingerprint density at radius 1 is 0.636 bits per heavy atom. The van der Waals surface area contributed by atoms with Gasteiger partial charge in [0.2, 0.25) is 29.5 Å². The molecule has 0 aromatic rings.